The predicted octanol–water partition coefficient (Wildman–Crippen LogP) is 2.92. The molecule has 154 valence electrons. The largest absolute Gasteiger partial charge is 0.435 e. The lowest BCUT2D eigenvalue weighted by Crippen LogP contribution is -2.29. The second-order valence-corrected chi connectivity index (χ2v) is 7.87. The smallest absolute Gasteiger partial charge is 0.248 e. The van der Waals surface area contributed by atoms with Crippen LogP contribution in [-0.2, 0) is 4.79 Å². The van der Waals surface area contributed by atoms with Gasteiger partial charge in [-0.25, -0.2) is 19.5 Å². The quantitative estimate of drug-likeness (QED) is 0.535. The summed E-state index contributed by atoms with van der Waals surface area (Å²) in [7, 11) is 0. The Labute approximate surface area is 172 Å². The molecule has 1 saturated carbocycles. The standard InChI is InChI=1S/C21H23N7O2/c1-12(29)23-10-13-6-8-14(9-7-13)20-27-17(18-19(22)24-11-25-28(18)20)21-26-15-4-2-3-5-16(15)30-21/h2-5,11,13-14H,6-10H2,1H3,(H,23,29)(H2,22,24,25)/t13-,14-. The number of aromatic nitrogens is 5. The maximum atomic E-state index is 11.2. The lowest BCUT2D eigenvalue weighted by atomic mass is 9.81. The number of nitrogens with two attached hydrogens (primary N) is 1. The van der Waals surface area contributed by atoms with Gasteiger partial charge in [0.2, 0.25) is 11.8 Å². The van der Waals surface area contributed by atoms with Gasteiger partial charge in [-0.15, -0.1) is 0 Å². The van der Waals surface area contributed by atoms with Crippen molar-refractivity contribution in [3.05, 3.63) is 36.4 Å². The van der Waals surface area contributed by atoms with Crippen molar-refractivity contribution in [3.8, 4) is 11.6 Å². The van der Waals surface area contributed by atoms with Gasteiger partial charge >= 0.3 is 0 Å². The van der Waals surface area contributed by atoms with E-state index in [1.807, 2.05) is 24.3 Å². The molecule has 4 aromatic rings. The van der Waals surface area contributed by atoms with Gasteiger partial charge in [0.15, 0.2) is 17.1 Å². The predicted molar refractivity (Wildman–Crippen MR) is 112 cm³/mol. The monoisotopic (exact) mass is 405 g/mol. The molecule has 1 aromatic carbocycles. The summed E-state index contributed by atoms with van der Waals surface area (Å²) in [6, 6.07) is 7.60. The number of oxazole rings is 1. The molecule has 5 rings (SSSR count). The minimum Gasteiger partial charge on any atom is -0.435 e. The Balaban J connectivity index is 1.50. The van der Waals surface area contributed by atoms with Crippen LogP contribution in [-0.4, -0.2) is 37.0 Å². The lowest BCUT2D eigenvalue weighted by Gasteiger charge is -2.27. The molecule has 3 heterocycles. The molecule has 9 nitrogen and oxygen atoms in total. The Bertz CT molecular complexity index is 1190. The summed E-state index contributed by atoms with van der Waals surface area (Å²) in [6.45, 7) is 2.29. The van der Waals surface area contributed by atoms with Crippen molar-refractivity contribution < 1.29 is 9.21 Å². The maximum Gasteiger partial charge on any atom is 0.248 e. The number of anilines is 1. The van der Waals surface area contributed by atoms with Crippen molar-refractivity contribution in [3.63, 3.8) is 0 Å². The van der Waals surface area contributed by atoms with Crippen molar-refractivity contribution in [2.75, 3.05) is 12.3 Å². The van der Waals surface area contributed by atoms with Crippen LogP contribution in [0.1, 0.15) is 44.3 Å². The lowest BCUT2D eigenvalue weighted by molar-refractivity contribution is -0.119. The van der Waals surface area contributed by atoms with Gasteiger partial charge in [0.1, 0.15) is 23.2 Å². The number of hydrogen-bond acceptors (Lipinski definition) is 7. The van der Waals surface area contributed by atoms with Gasteiger partial charge < -0.3 is 15.5 Å². The van der Waals surface area contributed by atoms with E-state index in [0.29, 0.717) is 34.4 Å². The Morgan fingerprint density at radius 1 is 1.23 bits per heavy atom. The third kappa shape index (κ3) is 3.26. The molecule has 0 bridgehead atoms. The first-order valence-electron chi connectivity index (χ1n) is 10.2. The van der Waals surface area contributed by atoms with E-state index in [9.17, 15) is 4.79 Å². The zero-order valence-corrected chi connectivity index (χ0v) is 16.7. The Hall–Kier alpha value is -3.49. The van der Waals surface area contributed by atoms with Crippen molar-refractivity contribution in [1.29, 1.82) is 0 Å². The molecule has 0 aliphatic heterocycles. The van der Waals surface area contributed by atoms with Crippen LogP contribution < -0.4 is 11.1 Å². The molecule has 1 fully saturated rings. The van der Waals surface area contributed by atoms with Gasteiger partial charge in [-0.2, -0.15) is 5.10 Å². The summed E-state index contributed by atoms with van der Waals surface area (Å²) < 4.78 is 7.73. The fourth-order valence-electron chi connectivity index (χ4n) is 4.28. The molecule has 0 radical (unpaired) electrons. The van der Waals surface area contributed by atoms with E-state index in [-0.39, 0.29) is 11.8 Å². The molecule has 9 heteroatoms. The van der Waals surface area contributed by atoms with E-state index in [2.05, 4.69) is 20.4 Å². The number of fused-ring (bicyclic) bond motifs is 2. The number of imidazole rings is 1. The molecule has 0 spiro atoms. The second kappa shape index (κ2) is 7.40. The average molecular weight is 405 g/mol. The number of benzene rings is 1. The molecule has 3 N–H and O–H groups in total. The third-order valence-corrected chi connectivity index (χ3v) is 5.83. The summed E-state index contributed by atoms with van der Waals surface area (Å²) in [5.41, 5.74) is 8.86. The topological polar surface area (TPSA) is 124 Å². The molecular formula is C21H23N7O2. The number of nitrogens with zero attached hydrogens (tertiary/aromatic N) is 5. The number of amides is 1. The molecule has 0 unspecified atom stereocenters. The number of rotatable bonds is 4. The van der Waals surface area contributed by atoms with Crippen LogP contribution in [0.5, 0.6) is 0 Å². The first kappa shape index (κ1) is 18.5. The van der Waals surface area contributed by atoms with Gasteiger partial charge in [0, 0.05) is 19.4 Å². The number of carbonyl (C=O) groups excluding carboxylic acids is 1. The molecule has 3 aromatic heterocycles. The molecule has 1 aliphatic rings. The van der Waals surface area contributed by atoms with Crippen LogP contribution in [0.2, 0.25) is 0 Å². The van der Waals surface area contributed by atoms with E-state index in [1.54, 1.807) is 11.4 Å². The summed E-state index contributed by atoms with van der Waals surface area (Å²) in [6.07, 6.45) is 5.45. The van der Waals surface area contributed by atoms with Crippen molar-refractivity contribution in [2.24, 2.45) is 5.92 Å². The van der Waals surface area contributed by atoms with Crippen molar-refractivity contribution >= 4 is 28.3 Å². The van der Waals surface area contributed by atoms with Gasteiger partial charge in [-0.3, -0.25) is 4.79 Å². The number of para-hydroxylation sites is 2. The van der Waals surface area contributed by atoms with Crippen LogP contribution in [0, 0.1) is 5.92 Å². The number of carbonyl (C=O) groups is 1. The van der Waals surface area contributed by atoms with Crippen LogP contribution in [0.15, 0.2) is 35.0 Å². The maximum absolute atomic E-state index is 11.2. The van der Waals surface area contributed by atoms with E-state index in [1.165, 1.54) is 6.33 Å². The van der Waals surface area contributed by atoms with E-state index >= 15 is 0 Å². The highest BCUT2D eigenvalue weighted by atomic mass is 16.3. The molecule has 1 aliphatic carbocycles. The van der Waals surface area contributed by atoms with Gasteiger partial charge in [-0.05, 0) is 43.7 Å². The van der Waals surface area contributed by atoms with Crippen molar-refractivity contribution in [2.45, 2.75) is 38.5 Å². The van der Waals surface area contributed by atoms with Crippen LogP contribution in [0.4, 0.5) is 5.82 Å². The third-order valence-electron chi connectivity index (χ3n) is 5.83. The highest BCUT2D eigenvalue weighted by Gasteiger charge is 2.29. The molecule has 0 atom stereocenters. The second-order valence-electron chi connectivity index (χ2n) is 7.87. The van der Waals surface area contributed by atoms with Crippen LogP contribution >= 0.6 is 0 Å². The first-order valence-corrected chi connectivity index (χ1v) is 10.2. The Kier molecular flexibility index (Phi) is 4.57. The zero-order chi connectivity index (χ0) is 20.7. The normalized spacial score (nSPS) is 19.4. The summed E-state index contributed by atoms with van der Waals surface area (Å²) >= 11 is 0. The van der Waals surface area contributed by atoms with Gasteiger partial charge in [-0.1, -0.05) is 12.1 Å². The van der Waals surface area contributed by atoms with Crippen LogP contribution in [0.25, 0.3) is 28.2 Å². The minimum absolute atomic E-state index is 0.0199. The van der Waals surface area contributed by atoms with E-state index in [0.717, 1.165) is 43.6 Å². The SMILES string of the molecule is CC(=O)NC[C@H]1CC[C@H](c2nc(-c3nc4ccccc4o3)c3c(N)ncnn32)CC1. The highest BCUT2D eigenvalue weighted by Crippen LogP contribution is 2.38. The number of nitrogens with one attached hydrogen (secondary N) is 1. The summed E-state index contributed by atoms with van der Waals surface area (Å²) in [5.74, 6) is 2.38. The van der Waals surface area contributed by atoms with Gasteiger partial charge in [0.25, 0.3) is 0 Å². The van der Waals surface area contributed by atoms with E-state index < -0.39 is 0 Å². The fraction of sp³-hybridized carbons (Fsp3) is 0.381. The molecule has 0 saturated heterocycles. The van der Waals surface area contributed by atoms with Gasteiger partial charge in [0.05, 0.1) is 0 Å². The zero-order valence-electron chi connectivity index (χ0n) is 16.7. The van der Waals surface area contributed by atoms with Crippen LogP contribution in [0.3, 0.4) is 0 Å². The average Bonchev–Trinajstić information content (AvgIpc) is 3.35. The number of hydrogen-bond donors (Lipinski definition) is 2. The fourth-order valence-corrected chi connectivity index (χ4v) is 4.28. The van der Waals surface area contributed by atoms with Crippen molar-refractivity contribution in [1.82, 2.24) is 29.9 Å². The minimum atomic E-state index is 0.0199. The Morgan fingerprint density at radius 3 is 2.80 bits per heavy atom. The first-order chi connectivity index (χ1) is 14.6. The highest BCUT2D eigenvalue weighted by molar-refractivity contribution is 5.84. The molecule has 30 heavy (non-hydrogen) atoms. The molecular weight excluding hydrogens is 382 g/mol. The van der Waals surface area contributed by atoms with E-state index in [4.69, 9.17) is 15.1 Å². The Morgan fingerprint density at radius 2 is 2.03 bits per heavy atom. The molecule has 1 amide bonds. The number of nitrogen functional groups attached to an aromatic ring is 1. The summed E-state index contributed by atoms with van der Waals surface area (Å²) in [4.78, 5) is 24.8. The summed E-state index contributed by atoms with van der Waals surface area (Å²) in [5, 5.41) is 7.36.